The van der Waals surface area contributed by atoms with Gasteiger partial charge < -0.3 is 0 Å². The van der Waals surface area contributed by atoms with Crippen LogP contribution in [0.15, 0.2) is 0 Å². The molecule has 0 aromatic carbocycles. The Balaban J connectivity index is 1.81. The number of hydrogen-bond acceptors (Lipinski definition) is 2. The normalized spacial score (nSPS) is 45.7. The first-order chi connectivity index (χ1) is 7.50. The summed E-state index contributed by atoms with van der Waals surface area (Å²) in [5.41, 5.74) is -0.0420. The van der Waals surface area contributed by atoms with E-state index >= 15 is 0 Å². The molecule has 0 saturated heterocycles. The van der Waals surface area contributed by atoms with Crippen LogP contribution >= 0.6 is 0 Å². The maximum atomic E-state index is 9.18. The highest BCUT2D eigenvalue weighted by molar-refractivity contribution is 5.12. The third kappa shape index (κ3) is 1.66. The largest absolute Gasteiger partial charge is 0.294 e. The number of hydrogen-bond donors (Lipinski definition) is 1. The quantitative estimate of drug-likeness (QED) is 0.773. The monoisotopic (exact) mass is 218 g/mol. The van der Waals surface area contributed by atoms with Gasteiger partial charge in [-0.2, -0.15) is 5.26 Å². The van der Waals surface area contributed by atoms with Crippen molar-refractivity contribution in [2.75, 3.05) is 0 Å². The average molecular weight is 218 g/mol. The van der Waals surface area contributed by atoms with Crippen molar-refractivity contribution < 1.29 is 0 Å². The van der Waals surface area contributed by atoms with Crippen LogP contribution in [0.3, 0.4) is 0 Å². The van der Waals surface area contributed by atoms with Crippen LogP contribution in [0.5, 0.6) is 0 Å². The third-order valence-electron chi connectivity index (χ3n) is 4.90. The van der Waals surface area contributed by atoms with E-state index < -0.39 is 0 Å². The molecule has 0 amide bonds. The Morgan fingerprint density at radius 3 is 1.88 bits per heavy atom. The summed E-state index contributed by atoms with van der Waals surface area (Å²) in [5, 5.41) is 12.9. The van der Waals surface area contributed by atoms with Crippen LogP contribution in [0, 0.1) is 29.1 Å². The maximum absolute atomic E-state index is 9.18. The Morgan fingerprint density at radius 2 is 1.50 bits per heavy atom. The molecule has 0 aromatic heterocycles. The second-order valence-corrected chi connectivity index (χ2v) is 7.06. The molecule has 0 aromatic rings. The van der Waals surface area contributed by atoms with Crippen molar-refractivity contribution in [2.45, 2.75) is 63.5 Å². The summed E-state index contributed by atoms with van der Waals surface area (Å²) < 4.78 is 0. The summed E-state index contributed by atoms with van der Waals surface area (Å²) >= 11 is 0. The Hall–Kier alpha value is -0.550. The summed E-state index contributed by atoms with van der Waals surface area (Å²) in [6.45, 7) is 4.04. The van der Waals surface area contributed by atoms with Crippen LogP contribution in [0.25, 0.3) is 0 Å². The van der Waals surface area contributed by atoms with E-state index in [0.717, 1.165) is 17.8 Å². The van der Waals surface area contributed by atoms with E-state index in [9.17, 15) is 5.26 Å². The molecule has 88 valence electrons. The Bertz CT molecular complexity index is 302. The molecule has 0 spiro atoms. The van der Waals surface area contributed by atoms with Gasteiger partial charge in [0, 0.05) is 5.54 Å². The average Bonchev–Trinajstić information content (AvgIpc) is 2.13. The number of nitriles is 1. The van der Waals surface area contributed by atoms with Crippen molar-refractivity contribution in [1.82, 2.24) is 5.32 Å². The molecule has 2 nitrogen and oxygen atoms in total. The highest BCUT2D eigenvalue weighted by Gasteiger charge is 2.52. The Labute approximate surface area is 98.4 Å². The first-order valence-corrected chi connectivity index (χ1v) is 6.71. The van der Waals surface area contributed by atoms with E-state index in [2.05, 4.69) is 11.4 Å². The van der Waals surface area contributed by atoms with Crippen LogP contribution < -0.4 is 5.32 Å². The van der Waals surface area contributed by atoms with Crippen molar-refractivity contribution in [3.05, 3.63) is 0 Å². The fourth-order valence-electron chi connectivity index (χ4n) is 4.95. The van der Waals surface area contributed by atoms with Gasteiger partial charge >= 0.3 is 0 Å². The lowest BCUT2D eigenvalue weighted by Crippen LogP contribution is -2.63. The molecule has 4 aliphatic carbocycles. The Kier molecular flexibility index (Phi) is 2.14. The van der Waals surface area contributed by atoms with E-state index in [1.807, 2.05) is 13.8 Å². The predicted molar refractivity (Wildman–Crippen MR) is 63.7 cm³/mol. The lowest BCUT2D eigenvalue weighted by molar-refractivity contribution is -0.0280. The highest BCUT2D eigenvalue weighted by atomic mass is 15.1. The highest BCUT2D eigenvalue weighted by Crippen LogP contribution is 2.56. The molecule has 0 aliphatic heterocycles. The van der Waals surface area contributed by atoms with E-state index in [1.54, 1.807) is 0 Å². The minimum absolute atomic E-state index is 0.313. The number of nitrogens with zero attached hydrogens (tertiary/aromatic N) is 1. The van der Waals surface area contributed by atoms with E-state index in [-0.39, 0.29) is 5.54 Å². The molecule has 4 aliphatic rings. The summed E-state index contributed by atoms with van der Waals surface area (Å²) in [7, 11) is 0. The van der Waals surface area contributed by atoms with Crippen LogP contribution in [0.1, 0.15) is 52.4 Å². The fraction of sp³-hybridized carbons (Fsp3) is 0.929. The van der Waals surface area contributed by atoms with Crippen LogP contribution in [-0.2, 0) is 0 Å². The zero-order chi connectivity index (χ0) is 11.4. The molecule has 0 radical (unpaired) electrons. The summed E-state index contributed by atoms with van der Waals surface area (Å²) in [6.07, 6.45) is 8.37. The lowest BCUT2D eigenvalue weighted by atomic mass is 9.52. The van der Waals surface area contributed by atoms with Crippen molar-refractivity contribution in [3.8, 4) is 6.07 Å². The molecule has 0 atom stereocenters. The molecule has 0 heterocycles. The number of rotatable bonds is 2. The van der Waals surface area contributed by atoms with Crippen LogP contribution in [0.4, 0.5) is 0 Å². The molecule has 4 fully saturated rings. The zero-order valence-electron chi connectivity index (χ0n) is 10.4. The van der Waals surface area contributed by atoms with Crippen molar-refractivity contribution in [2.24, 2.45) is 17.8 Å². The zero-order valence-corrected chi connectivity index (χ0v) is 10.4. The molecule has 2 heteroatoms. The summed E-state index contributed by atoms with van der Waals surface area (Å²) in [5.74, 6) is 2.86. The topological polar surface area (TPSA) is 35.8 Å². The van der Waals surface area contributed by atoms with Crippen LogP contribution in [-0.4, -0.2) is 11.1 Å². The first-order valence-electron chi connectivity index (χ1n) is 6.71. The minimum atomic E-state index is -0.355. The summed E-state index contributed by atoms with van der Waals surface area (Å²) in [6, 6.07) is 2.41. The van der Waals surface area contributed by atoms with E-state index in [4.69, 9.17) is 0 Å². The van der Waals surface area contributed by atoms with Gasteiger partial charge in [0.05, 0.1) is 6.07 Å². The molecule has 4 rings (SSSR count). The minimum Gasteiger partial charge on any atom is -0.294 e. The maximum Gasteiger partial charge on any atom is 0.101 e. The molecule has 0 unspecified atom stereocenters. The SMILES string of the molecule is CC(C)(C#N)NC12CC3CC(CC(C3)C1)C2. The standard InChI is InChI=1S/C14H22N2/c1-13(2,9-15)16-14-6-10-3-11(7-14)5-12(4-10)8-14/h10-12,16H,3-8H2,1-2H3. The van der Waals surface area contributed by atoms with E-state index in [0.29, 0.717) is 5.54 Å². The molecular weight excluding hydrogens is 196 g/mol. The van der Waals surface area contributed by atoms with Gasteiger partial charge in [-0.05, 0) is 70.1 Å². The summed E-state index contributed by atoms with van der Waals surface area (Å²) in [4.78, 5) is 0. The van der Waals surface area contributed by atoms with Crippen molar-refractivity contribution >= 4 is 0 Å². The van der Waals surface area contributed by atoms with Gasteiger partial charge in [0.2, 0.25) is 0 Å². The second-order valence-electron chi connectivity index (χ2n) is 7.06. The first kappa shape index (κ1) is 10.6. The Morgan fingerprint density at radius 1 is 1.06 bits per heavy atom. The molecule has 16 heavy (non-hydrogen) atoms. The second kappa shape index (κ2) is 3.23. The third-order valence-corrected chi connectivity index (χ3v) is 4.90. The van der Waals surface area contributed by atoms with Gasteiger partial charge in [0.25, 0.3) is 0 Å². The van der Waals surface area contributed by atoms with E-state index in [1.165, 1.54) is 38.5 Å². The fourth-order valence-corrected chi connectivity index (χ4v) is 4.95. The molecule has 4 saturated carbocycles. The lowest BCUT2D eigenvalue weighted by Gasteiger charge is -2.58. The van der Waals surface area contributed by atoms with Gasteiger partial charge in [-0.25, -0.2) is 0 Å². The molecular formula is C14H22N2. The molecule has 1 N–H and O–H groups in total. The van der Waals surface area contributed by atoms with Gasteiger partial charge in [0.15, 0.2) is 0 Å². The number of nitrogens with one attached hydrogen (secondary N) is 1. The van der Waals surface area contributed by atoms with Gasteiger partial charge in [-0.1, -0.05) is 0 Å². The smallest absolute Gasteiger partial charge is 0.101 e. The van der Waals surface area contributed by atoms with Crippen molar-refractivity contribution in [3.63, 3.8) is 0 Å². The van der Waals surface area contributed by atoms with Crippen LogP contribution in [0.2, 0.25) is 0 Å². The van der Waals surface area contributed by atoms with Gasteiger partial charge in [0.1, 0.15) is 5.54 Å². The molecule has 4 bridgehead atoms. The van der Waals surface area contributed by atoms with Gasteiger partial charge in [-0.3, -0.25) is 5.32 Å². The predicted octanol–water partition coefficient (Wildman–Crippen LogP) is 2.85. The van der Waals surface area contributed by atoms with Gasteiger partial charge in [-0.15, -0.1) is 0 Å². The van der Waals surface area contributed by atoms with Crippen molar-refractivity contribution in [1.29, 1.82) is 5.26 Å².